The van der Waals surface area contributed by atoms with Crippen molar-refractivity contribution in [2.45, 2.75) is 31.6 Å². The van der Waals surface area contributed by atoms with Crippen LogP contribution in [0.1, 0.15) is 45.3 Å². The van der Waals surface area contributed by atoms with Crippen LogP contribution in [0.25, 0.3) is 0 Å². The van der Waals surface area contributed by atoms with Crippen LogP contribution in [-0.4, -0.2) is 45.6 Å². The molecular weight excluding hydrogens is 403 g/mol. The SMILES string of the molecule is O=C(NCc1ccc(F)cc1F)c1cn2c(c(O)c1=O)C(=O)N1C[C@H](F)CC[C@H]2C1. The van der Waals surface area contributed by atoms with Crippen molar-refractivity contribution < 1.29 is 27.9 Å². The summed E-state index contributed by atoms with van der Waals surface area (Å²) in [6, 6.07) is 2.47. The fraction of sp³-hybridized carbons (Fsp3) is 0.350. The molecule has 0 saturated carbocycles. The first-order valence-electron chi connectivity index (χ1n) is 9.40. The molecule has 30 heavy (non-hydrogen) atoms. The molecule has 2 aromatic rings. The minimum absolute atomic E-state index is 0.00982. The van der Waals surface area contributed by atoms with Crippen molar-refractivity contribution >= 4 is 11.8 Å². The van der Waals surface area contributed by atoms with Gasteiger partial charge in [-0.1, -0.05) is 6.07 Å². The summed E-state index contributed by atoms with van der Waals surface area (Å²) in [5, 5.41) is 12.7. The molecule has 2 N–H and O–H groups in total. The third-order valence-electron chi connectivity index (χ3n) is 5.46. The highest BCUT2D eigenvalue weighted by molar-refractivity contribution is 5.99. The van der Waals surface area contributed by atoms with Crippen molar-refractivity contribution in [3.63, 3.8) is 0 Å². The molecule has 4 rings (SSSR count). The second kappa shape index (κ2) is 7.51. The number of hydrogen-bond donors (Lipinski definition) is 2. The van der Waals surface area contributed by atoms with E-state index in [1.165, 1.54) is 15.7 Å². The Labute approximate surface area is 168 Å². The lowest BCUT2D eigenvalue weighted by atomic mass is 10.1. The number of halogens is 3. The molecular formula is C20H18F3N3O4. The second-order valence-corrected chi connectivity index (χ2v) is 7.43. The highest BCUT2D eigenvalue weighted by Crippen LogP contribution is 2.32. The number of aromatic nitrogens is 1. The maximum Gasteiger partial charge on any atom is 0.274 e. The van der Waals surface area contributed by atoms with Gasteiger partial charge in [-0.2, -0.15) is 0 Å². The molecule has 158 valence electrons. The Bertz CT molecular complexity index is 1100. The van der Waals surface area contributed by atoms with Crippen molar-refractivity contribution in [2.24, 2.45) is 0 Å². The number of nitrogens with one attached hydrogen (secondary N) is 1. The van der Waals surface area contributed by atoms with E-state index in [2.05, 4.69) is 5.32 Å². The minimum Gasteiger partial charge on any atom is -0.503 e. The van der Waals surface area contributed by atoms with Gasteiger partial charge >= 0.3 is 0 Å². The van der Waals surface area contributed by atoms with Gasteiger partial charge in [-0.15, -0.1) is 0 Å². The van der Waals surface area contributed by atoms with E-state index < -0.39 is 52.4 Å². The summed E-state index contributed by atoms with van der Waals surface area (Å²) in [5.74, 6) is -4.07. The summed E-state index contributed by atoms with van der Waals surface area (Å²) in [4.78, 5) is 39.0. The average molecular weight is 421 g/mol. The van der Waals surface area contributed by atoms with E-state index in [9.17, 15) is 32.7 Å². The zero-order valence-corrected chi connectivity index (χ0v) is 15.7. The van der Waals surface area contributed by atoms with Gasteiger partial charge in [0.2, 0.25) is 5.43 Å². The number of amides is 2. The monoisotopic (exact) mass is 421 g/mol. The molecule has 2 aliphatic rings. The summed E-state index contributed by atoms with van der Waals surface area (Å²) < 4.78 is 42.0. The average Bonchev–Trinajstić information content (AvgIpc) is 2.87. The molecule has 2 bridgehead atoms. The van der Waals surface area contributed by atoms with Crippen molar-refractivity contribution in [2.75, 3.05) is 13.1 Å². The number of aromatic hydroxyl groups is 1. The summed E-state index contributed by atoms with van der Waals surface area (Å²) in [5.41, 5.74) is -1.74. The van der Waals surface area contributed by atoms with Crippen molar-refractivity contribution in [3.8, 4) is 5.75 Å². The van der Waals surface area contributed by atoms with Crippen LogP contribution in [0.3, 0.4) is 0 Å². The van der Waals surface area contributed by atoms with Crippen molar-refractivity contribution in [1.82, 2.24) is 14.8 Å². The Kier molecular flexibility index (Phi) is 5.00. The van der Waals surface area contributed by atoms with Crippen molar-refractivity contribution in [3.05, 3.63) is 63.1 Å². The number of nitrogens with zero attached hydrogens (tertiary/aromatic N) is 2. The van der Waals surface area contributed by atoms with E-state index in [0.29, 0.717) is 12.5 Å². The topological polar surface area (TPSA) is 91.6 Å². The first kappa shape index (κ1) is 20.0. The van der Waals surface area contributed by atoms with Gasteiger partial charge < -0.3 is 19.9 Å². The normalized spacial score (nSPS) is 20.5. The van der Waals surface area contributed by atoms with Gasteiger partial charge in [0.05, 0.1) is 12.6 Å². The van der Waals surface area contributed by atoms with Gasteiger partial charge in [0.25, 0.3) is 11.8 Å². The van der Waals surface area contributed by atoms with Gasteiger partial charge in [0, 0.05) is 30.9 Å². The molecule has 0 unspecified atom stereocenters. The van der Waals surface area contributed by atoms with Crippen molar-refractivity contribution in [1.29, 1.82) is 0 Å². The molecule has 1 aromatic carbocycles. The Morgan fingerprint density at radius 2 is 1.97 bits per heavy atom. The molecule has 7 nitrogen and oxygen atoms in total. The van der Waals surface area contributed by atoms with Crippen LogP contribution in [0, 0.1) is 11.6 Å². The number of fused-ring (bicyclic) bond motifs is 4. The number of rotatable bonds is 3. The Balaban J connectivity index is 1.66. The largest absolute Gasteiger partial charge is 0.503 e. The maximum absolute atomic E-state index is 13.9. The Morgan fingerprint density at radius 1 is 1.20 bits per heavy atom. The lowest BCUT2D eigenvalue weighted by Crippen LogP contribution is -2.45. The zero-order chi connectivity index (χ0) is 21.6. The molecule has 1 aromatic heterocycles. The fourth-order valence-corrected chi connectivity index (χ4v) is 3.88. The first-order chi connectivity index (χ1) is 14.3. The molecule has 1 saturated heterocycles. The van der Waals surface area contributed by atoms with Crippen LogP contribution < -0.4 is 10.7 Å². The third-order valence-corrected chi connectivity index (χ3v) is 5.46. The summed E-state index contributed by atoms with van der Waals surface area (Å²) in [6.07, 6.45) is 0.525. The molecule has 2 atom stereocenters. The van der Waals surface area contributed by atoms with Gasteiger partial charge in [0.15, 0.2) is 11.4 Å². The maximum atomic E-state index is 13.9. The standard InChI is InChI=1S/C20H18F3N3O4/c21-11-2-1-10(15(23)5-11)6-24-19(29)14-9-26-13-4-3-12(22)7-25(8-13)20(30)16(26)18(28)17(14)27/h1-2,5,9,12-13,28H,3-4,6-8H2,(H,24,29)/t12-,13+/m1/s1. The predicted molar refractivity (Wildman–Crippen MR) is 99.0 cm³/mol. The van der Waals surface area contributed by atoms with E-state index in [1.54, 1.807) is 0 Å². The van der Waals surface area contributed by atoms with Crippen LogP contribution >= 0.6 is 0 Å². The fourth-order valence-electron chi connectivity index (χ4n) is 3.88. The number of carbonyl (C=O) groups is 2. The van der Waals surface area contributed by atoms with Crippen LogP contribution in [0.5, 0.6) is 5.75 Å². The van der Waals surface area contributed by atoms with Gasteiger partial charge in [0.1, 0.15) is 23.4 Å². The van der Waals surface area contributed by atoms with Crippen LogP contribution in [0.4, 0.5) is 13.2 Å². The number of pyridine rings is 1. The quantitative estimate of drug-likeness (QED) is 0.792. The van der Waals surface area contributed by atoms with Gasteiger partial charge in [-0.3, -0.25) is 14.4 Å². The Hall–Kier alpha value is -3.30. The first-order valence-corrected chi connectivity index (χ1v) is 9.40. The van der Waals surface area contributed by atoms with Gasteiger partial charge in [-0.05, 0) is 18.9 Å². The van der Waals surface area contributed by atoms with E-state index in [0.717, 1.165) is 12.1 Å². The molecule has 2 aliphatic heterocycles. The molecule has 0 aliphatic carbocycles. The zero-order valence-electron chi connectivity index (χ0n) is 15.7. The number of alkyl halides is 1. The molecule has 10 heteroatoms. The van der Waals surface area contributed by atoms with E-state index in [4.69, 9.17) is 0 Å². The molecule has 1 fully saturated rings. The summed E-state index contributed by atoms with van der Waals surface area (Å²) in [6.45, 7) is -0.225. The van der Waals surface area contributed by atoms with Crippen LogP contribution in [0.15, 0.2) is 29.2 Å². The van der Waals surface area contributed by atoms with E-state index in [-0.39, 0.29) is 37.3 Å². The highest BCUT2D eigenvalue weighted by atomic mass is 19.1. The van der Waals surface area contributed by atoms with Crippen LogP contribution in [0.2, 0.25) is 0 Å². The van der Waals surface area contributed by atoms with E-state index in [1.807, 2.05) is 0 Å². The second-order valence-electron chi connectivity index (χ2n) is 7.43. The predicted octanol–water partition coefficient (Wildman–Crippen LogP) is 1.89. The van der Waals surface area contributed by atoms with Gasteiger partial charge in [-0.25, -0.2) is 13.2 Å². The number of hydrogen-bond acceptors (Lipinski definition) is 4. The minimum atomic E-state index is -1.21. The van der Waals surface area contributed by atoms with Crippen LogP contribution in [-0.2, 0) is 6.54 Å². The highest BCUT2D eigenvalue weighted by Gasteiger charge is 2.38. The molecule has 3 heterocycles. The third kappa shape index (κ3) is 3.42. The van der Waals surface area contributed by atoms with E-state index >= 15 is 0 Å². The summed E-state index contributed by atoms with van der Waals surface area (Å²) in [7, 11) is 0. The molecule has 0 spiro atoms. The lowest BCUT2D eigenvalue weighted by Gasteiger charge is -2.34. The molecule has 2 amide bonds. The smallest absolute Gasteiger partial charge is 0.274 e. The number of carbonyl (C=O) groups excluding carboxylic acids is 2. The molecule has 0 radical (unpaired) electrons. The lowest BCUT2D eigenvalue weighted by molar-refractivity contribution is 0.0646. The number of benzene rings is 1. The summed E-state index contributed by atoms with van der Waals surface area (Å²) >= 11 is 0. The Morgan fingerprint density at radius 3 is 2.70 bits per heavy atom.